The van der Waals surface area contributed by atoms with Gasteiger partial charge in [0, 0.05) is 25.7 Å². The predicted octanol–water partition coefficient (Wildman–Crippen LogP) is 3.23. The fourth-order valence-electron chi connectivity index (χ4n) is 2.98. The number of aromatic nitrogens is 1. The molecule has 20 heavy (non-hydrogen) atoms. The first-order valence-electron chi connectivity index (χ1n) is 7.01. The monoisotopic (exact) mass is 264 g/mol. The molecule has 2 aromatic rings. The van der Waals surface area contributed by atoms with E-state index in [0.29, 0.717) is 0 Å². The zero-order valence-corrected chi connectivity index (χ0v) is 11.2. The van der Waals surface area contributed by atoms with Crippen molar-refractivity contribution in [1.29, 1.82) is 0 Å². The Balaban J connectivity index is 1.72. The number of pyridine rings is 1. The van der Waals surface area contributed by atoms with Gasteiger partial charge in [-0.1, -0.05) is 30.3 Å². The lowest BCUT2D eigenvalue weighted by atomic mass is 10.0. The molecule has 0 N–H and O–H groups in total. The molecular weight excluding hydrogens is 248 g/mol. The van der Waals surface area contributed by atoms with Gasteiger partial charge in [-0.3, -0.25) is 0 Å². The van der Waals surface area contributed by atoms with E-state index in [1.54, 1.807) is 0 Å². The molecule has 0 saturated heterocycles. The van der Waals surface area contributed by atoms with Crippen molar-refractivity contribution in [3.05, 3.63) is 65.4 Å². The Labute approximate surface area is 118 Å². The van der Waals surface area contributed by atoms with Crippen molar-refractivity contribution in [1.82, 2.24) is 4.98 Å². The van der Waals surface area contributed by atoms with Gasteiger partial charge in [-0.15, -0.1) is 0 Å². The van der Waals surface area contributed by atoms with Gasteiger partial charge in [-0.05, 0) is 23.3 Å². The Morgan fingerprint density at radius 1 is 1.10 bits per heavy atom. The van der Waals surface area contributed by atoms with Crippen LogP contribution in [0.5, 0.6) is 0 Å². The van der Waals surface area contributed by atoms with Crippen LogP contribution < -0.4 is 4.90 Å². The lowest BCUT2D eigenvalue weighted by molar-refractivity contribution is 0.307. The highest BCUT2D eigenvalue weighted by Gasteiger charge is 2.29. The number of fused-ring (bicyclic) bond motifs is 2. The first-order chi connectivity index (χ1) is 9.92. The third kappa shape index (κ3) is 1.86. The van der Waals surface area contributed by atoms with Gasteiger partial charge in [0.25, 0.3) is 0 Å². The van der Waals surface area contributed by atoms with Crippen LogP contribution in [0.3, 0.4) is 0 Å². The van der Waals surface area contributed by atoms with Crippen molar-refractivity contribution in [2.45, 2.75) is 13.0 Å². The molecule has 2 aliphatic heterocycles. The van der Waals surface area contributed by atoms with Crippen LogP contribution in [-0.2, 0) is 11.3 Å². The number of benzene rings is 1. The van der Waals surface area contributed by atoms with E-state index in [4.69, 9.17) is 4.74 Å². The van der Waals surface area contributed by atoms with Crippen LogP contribution in [0.1, 0.15) is 17.5 Å². The molecule has 0 aliphatic carbocycles. The number of rotatable bonds is 2. The maximum atomic E-state index is 5.79. The number of ether oxygens (including phenoxy) is 1. The second-order valence-electron chi connectivity index (χ2n) is 5.25. The number of nitrogens with zero attached hydrogens (tertiary/aromatic N) is 2. The van der Waals surface area contributed by atoms with E-state index in [9.17, 15) is 0 Å². The lowest BCUT2D eigenvalue weighted by Gasteiger charge is -2.30. The molecule has 4 rings (SSSR count). The Morgan fingerprint density at radius 2 is 2.00 bits per heavy atom. The summed E-state index contributed by atoms with van der Waals surface area (Å²) in [7, 11) is 0. The first kappa shape index (κ1) is 11.5. The third-order valence-corrected chi connectivity index (χ3v) is 3.90. The molecular formula is C17H16N2O. The van der Waals surface area contributed by atoms with Crippen molar-refractivity contribution < 1.29 is 4.74 Å². The van der Waals surface area contributed by atoms with Crippen molar-refractivity contribution in [3.63, 3.8) is 0 Å². The minimum atomic E-state index is 0.804. The van der Waals surface area contributed by atoms with Crippen molar-refractivity contribution in [2.24, 2.45) is 0 Å². The van der Waals surface area contributed by atoms with Gasteiger partial charge in [-0.2, -0.15) is 0 Å². The van der Waals surface area contributed by atoms with Crippen LogP contribution >= 0.6 is 0 Å². The summed E-state index contributed by atoms with van der Waals surface area (Å²) in [6.07, 6.45) is 2.90. The van der Waals surface area contributed by atoms with E-state index in [1.165, 1.54) is 11.1 Å². The number of hydrogen-bond acceptors (Lipinski definition) is 3. The summed E-state index contributed by atoms with van der Waals surface area (Å²) in [6, 6.07) is 14.6. The fraction of sp³-hybridized carbons (Fsp3) is 0.235. The molecule has 0 amide bonds. The van der Waals surface area contributed by atoms with E-state index in [-0.39, 0.29) is 0 Å². The first-order valence-corrected chi connectivity index (χ1v) is 7.01. The quantitative estimate of drug-likeness (QED) is 0.832. The lowest BCUT2D eigenvalue weighted by Crippen LogP contribution is -2.29. The summed E-state index contributed by atoms with van der Waals surface area (Å²) in [5, 5.41) is 0. The summed E-state index contributed by atoms with van der Waals surface area (Å²) in [4.78, 5) is 6.91. The molecule has 1 aromatic heterocycles. The summed E-state index contributed by atoms with van der Waals surface area (Å²) in [6.45, 7) is 2.62. The van der Waals surface area contributed by atoms with Gasteiger partial charge in [0.15, 0.2) is 0 Å². The minimum absolute atomic E-state index is 0.804. The SMILES string of the molecule is c1ccc(CN2CC3=C(OCC3)c3cccnc32)cc1. The van der Waals surface area contributed by atoms with Gasteiger partial charge in [0.05, 0.1) is 12.2 Å². The average Bonchev–Trinajstić information content (AvgIpc) is 2.97. The summed E-state index contributed by atoms with van der Waals surface area (Å²) in [5.41, 5.74) is 3.86. The molecule has 0 fully saturated rings. The van der Waals surface area contributed by atoms with Gasteiger partial charge in [0.2, 0.25) is 0 Å². The number of anilines is 1. The Kier molecular flexibility index (Phi) is 2.69. The van der Waals surface area contributed by atoms with Crippen molar-refractivity contribution >= 4 is 11.6 Å². The largest absolute Gasteiger partial charge is 0.492 e. The summed E-state index contributed by atoms with van der Waals surface area (Å²) < 4.78 is 5.79. The third-order valence-electron chi connectivity index (χ3n) is 3.90. The van der Waals surface area contributed by atoms with E-state index in [2.05, 4.69) is 46.3 Å². The van der Waals surface area contributed by atoms with Crippen LogP contribution in [0.2, 0.25) is 0 Å². The maximum Gasteiger partial charge on any atom is 0.140 e. The van der Waals surface area contributed by atoms with E-state index in [0.717, 1.165) is 43.3 Å². The summed E-state index contributed by atoms with van der Waals surface area (Å²) in [5.74, 6) is 2.11. The van der Waals surface area contributed by atoms with Gasteiger partial charge in [0.1, 0.15) is 11.6 Å². The normalized spacial score (nSPS) is 16.7. The zero-order valence-electron chi connectivity index (χ0n) is 11.2. The minimum Gasteiger partial charge on any atom is -0.492 e. The topological polar surface area (TPSA) is 25.4 Å². The van der Waals surface area contributed by atoms with Gasteiger partial charge in [-0.25, -0.2) is 4.98 Å². The molecule has 0 atom stereocenters. The molecule has 0 spiro atoms. The van der Waals surface area contributed by atoms with E-state index < -0.39 is 0 Å². The smallest absolute Gasteiger partial charge is 0.140 e. The molecule has 3 heteroatoms. The highest BCUT2D eigenvalue weighted by molar-refractivity contribution is 5.77. The van der Waals surface area contributed by atoms with Crippen LogP contribution in [0.25, 0.3) is 5.76 Å². The molecule has 3 nitrogen and oxygen atoms in total. The van der Waals surface area contributed by atoms with Gasteiger partial charge < -0.3 is 9.64 Å². The van der Waals surface area contributed by atoms with Crippen LogP contribution in [0.4, 0.5) is 5.82 Å². The molecule has 0 saturated carbocycles. The molecule has 0 bridgehead atoms. The van der Waals surface area contributed by atoms with Crippen LogP contribution in [0.15, 0.2) is 54.2 Å². The van der Waals surface area contributed by atoms with E-state index >= 15 is 0 Å². The van der Waals surface area contributed by atoms with E-state index in [1.807, 2.05) is 12.3 Å². The predicted molar refractivity (Wildman–Crippen MR) is 79.2 cm³/mol. The Hall–Kier alpha value is -2.29. The molecule has 3 heterocycles. The standard InChI is InChI=1S/C17H16N2O/c1-2-5-13(6-3-1)11-19-12-14-8-10-20-16(14)15-7-4-9-18-17(15)19/h1-7,9H,8,10-12H2. The highest BCUT2D eigenvalue weighted by atomic mass is 16.5. The Bertz CT molecular complexity index is 664. The summed E-state index contributed by atoms with van der Waals surface area (Å²) >= 11 is 0. The van der Waals surface area contributed by atoms with Crippen LogP contribution in [-0.4, -0.2) is 18.1 Å². The van der Waals surface area contributed by atoms with Crippen molar-refractivity contribution in [3.8, 4) is 0 Å². The highest BCUT2D eigenvalue weighted by Crippen LogP contribution is 2.38. The van der Waals surface area contributed by atoms with Crippen molar-refractivity contribution in [2.75, 3.05) is 18.1 Å². The van der Waals surface area contributed by atoms with Crippen LogP contribution in [0, 0.1) is 0 Å². The van der Waals surface area contributed by atoms with Gasteiger partial charge >= 0.3 is 0 Å². The maximum absolute atomic E-state index is 5.79. The Morgan fingerprint density at radius 3 is 2.90 bits per heavy atom. The molecule has 0 radical (unpaired) electrons. The average molecular weight is 264 g/mol. The molecule has 2 aliphatic rings. The fourth-order valence-corrected chi connectivity index (χ4v) is 2.98. The molecule has 1 aromatic carbocycles. The molecule has 100 valence electrons. The zero-order chi connectivity index (χ0) is 13.4. The number of hydrogen-bond donors (Lipinski definition) is 0. The second kappa shape index (κ2) is 4.67. The second-order valence-corrected chi connectivity index (χ2v) is 5.25. The molecule has 0 unspecified atom stereocenters.